The van der Waals surface area contributed by atoms with Crippen molar-refractivity contribution in [2.75, 3.05) is 18.9 Å². The van der Waals surface area contributed by atoms with Crippen LogP contribution < -0.4 is 10.6 Å². The van der Waals surface area contributed by atoms with Gasteiger partial charge in [0.05, 0.1) is 5.39 Å². The van der Waals surface area contributed by atoms with Crippen molar-refractivity contribution in [1.29, 1.82) is 0 Å². The molecule has 3 N–H and O–H groups in total. The molecular formula is C26H37N5. The SMILES string of the molecule is CNC1CCCCC1.c1ccc(-c2cc3c(NCC4CCCCC4)ncnc3[nH]2)cc1. The van der Waals surface area contributed by atoms with E-state index >= 15 is 0 Å². The second-order valence-corrected chi connectivity index (χ2v) is 9.04. The third-order valence-corrected chi connectivity index (χ3v) is 6.81. The minimum Gasteiger partial charge on any atom is -0.369 e. The molecule has 166 valence electrons. The summed E-state index contributed by atoms with van der Waals surface area (Å²) in [6, 6.07) is 13.3. The van der Waals surface area contributed by atoms with E-state index in [1.54, 1.807) is 6.33 Å². The van der Waals surface area contributed by atoms with Crippen molar-refractivity contribution in [2.45, 2.75) is 70.3 Å². The lowest BCUT2D eigenvalue weighted by Gasteiger charge is -2.22. The zero-order valence-electron chi connectivity index (χ0n) is 18.9. The van der Waals surface area contributed by atoms with Crippen molar-refractivity contribution in [1.82, 2.24) is 20.3 Å². The molecule has 5 nitrogen and oxygen atoms in total. The Bertz CT molecular complexity index is 908. The maximum absolute atomic E-state index is 4.46. The molecule has 2 heterocycles. The quantitative estimate of drug-likeness (QED) is 0.464. The summed E-state index contributed by atoms with van der Waals surface area (Å²) in [6.45, 7) is 1.01. The molecule has 5 rings (SSSR count). The third kappa shape index (κ3) is 6.07. The van der Waals surface area contributed by atoms with Gasteiger partial charge in [0.1, 0.15) is 17.8 Å². The topological polar surface area (TPSA) is 65.6 Å². The predicted molar refractivity (Wildman–Crippen MR) is 130 cm³/mol. The van der Waals surface area contributed by atoms with Crippen LogP contribution in [0.1, 0.15) is 64.2 Å². The van der Waals surface area contributed by atoms with Crippen LogP contribution in [0.5, 0.6) is 0 Å². The van der Waals surface area contributed by atoms with Gasteiger partial charge in [-0.3, -0.25) is 0 Å². The van der Waals surface area contributed by atoms with Gasteiger partial charge in [0.2, 0.25) is 0 Å². The van der Waals surface area contributed by atoms with Gasteiger partial charge >= 0.3 is 0 Å². The highest BCUT2D eigenvalue weighted by Gasteiger charge is 2.15. The van der Waals surface area contributed by atoms with E-state index in [2.05, 4.69) is 63.0 Å². The van der Waals surface area contributed by atoms with Gasteiger partial charge < -0.3 is 15.6 Å². The van der Waals surface area contributed by atoms with E-state index in [9.17, 15) is 0 Å². The van der Waals surface area contributed by atoms with Gasteiger partial charge in [-0.1, -0.05) is 68.9 Å². The van der Waals surface area contributed by atoms with Crippen LogP contribution in [-0.2, 0) is 0 Å². The summed E-state index contributed by atoms with van der Waals surface area (Å²) in [5.74, 6) is 1.72. The monoisotopic (exact) mass is 419 g/mol. The highest BCUT2D eigenvalue weighted by Crippen LogP contribution is 2.28. The fraction of sp³-hybridized carbons (Fsp3) is 0.538. The maximum atomic E-state index is 4.46. The molecule has 0 atom stereocenters. The normalized spacial score (nSPS) is 17.8. The van der Waals surface area contributed by atoms with Crippen LogP contribution in [-0.4, -0.2) is 34.6 Å². The lowest BCUT2D eigenvalue weighted by molar-refractivity contribution is 0.373. The van der Waals surface area contributed by atoms with Crippen LogP contribution in [0.25, 0.3) is 22.3 Å². The molecule has 2 aliphatic carbocycles. The van der Waals surface area contributed by atoms with Crippen LogP contribution >= 0.6 is 0 Å². The maximum Gasteiger partial charge on any atom is 0.143 e. The van der Waals surface area contributed by atoms with Crippen molar-refractivity contribution in [3.8, 4) is 11.3 Å². The lowest BCUT2D eigenvalue weighted by Crippen LogP contribution is -2.26. The summed E-state index contributed by atoms with van der Waals surface area (Å²) in [5, 5.41) is 7.93. The molecule has 0 unspecified atom stereocenters. The number of H-pyrrole nitrogens is 1. The predicted octanol–water partition coefficient (Wildman–Crippen LogP) is 6.16. The Morgan fingerprint density at radius 3 is 2.29 bits per heavy atom. The van der Waals surface area contributed by atoms with E-state index < -0.39 is 0 Å². The average molecular weight is 420 g/mol. The van der Waals surface area contributed by atoms with Crippen LogP contribution in [0, 0.1) is 5.92 Å². The van der Waals surface area contributed by atoms with Crippen LogP contribution in [0.4, 0.5) is 5.82 Å². The van der Waals surface area contributed by atoms with Gasteiger partial charge in [0, 0.05) is 18.3 Å². The van der Waals surface area contributed by atoms with E-state index in [4.69, 9.17) is 0 Å². The Labute approximate surface area is 186 Å². The third-order valence-electron chi connectivity index (χ3n) is 6.81. The van der Waals surface area contributed by atoms with E-state index in [-0.39, 0.29) is 0 Å². The lowest BCUT2D eigenvalue weighted by atomic mass is 9.89. The average Bonchev–Trinajstić information content (AvgIpc) is 3.30. The first-order valence-corrected chi connectivity index (χ1v) is 12.1. The molecule has 0 bridgehead atoms. The molecule has 0 saturated heterocycles. The number of benzene rings is 1. The van der Waals surface area contributed by atoms with Gasteiger partial charge in [-0.05, 0) is 50.3 Å². The van der Waals surface area contributed by atoms with Crippen molar-refractivity contribution >= 4 is 16.9 Å². The largest absolute Gasteiger partial charge is 0.369 e. The van der Waals surface area contributed by atoms with Gasteiger partial charge in [0.15, 0.2) is 0 Å². The van der Waals surface area contributed by atoms with Gasteiger partial charge in [-0.2, -0.15) is 0 Å². The Morgan fingerprint density at radius 2 is 1.61 bits per heavy atom. The fourth-order valence-corrected chi connectivity index (χ4v) is 4.88. The molecule has 5 heteroatoms. The van der Waals surface area contributed by atoms with E-state index in [0.717, 1.165) is 41.0 Å². The van der Waals surface area contributed by atoms with Crippen molar-refractivity contribution in [3.05, 3.63) is 42.7 Å². The summed E-state index contributed by atoms with van der Waals surface area (Å²) in [4.78, 5) is 12.2. The Kier molecular flexibility index (Phi) is 7.94. The molecule has 2 aromatic heterocycles. The molecule has 2 fully saturated rings. The minimum atomic E-state index is 0.779. The minimum absolute atomic E-state index is 0.779. The number of hydrogen-bond donors (Lipinski definition) is 3. The standard InChI is InChI=1S/C19H22N4.C7H15N/c1-3-7-14(8-4-1)12-20-18-16-11-17(15-9-5-2-6-10-15)23-19(16)22-13-21-18;1-8-7-5-3-2-4-6-7/h2,5-6,9-11,13-14H,1,3-4,7-8,12H2,(H2,20,21,22,23);7-8H,2-6H2,1H3. The molecule has 2 saturated carbocycles. The van der Waals surface area contributed by atoms with Gasteiger partial charge in [-0.25, -0.2) is 9.97 Å². The zero-order chi connectivity index (χ0) is 21.3. The molecule has 1 aromatic carbocycles. The molecule has 31 heavy (non-hydrogen) atoms. The van der Waals surface area contributed by atoms with E-state index in [1.807, 2.05) is 6.07 Å². The number of aromatic nitrogens is 3. The second kappa shape index (κ2) is 11.3. The summed E-state index contributed by atoms with van der Waals surface area (Å²) >= 11 is 0. The number of nitrogens with zero attached hydrogens (tertiary/aromatic N) is 2. The van der Waals surface area contributed by atoms with Crippen molar-refractivity contribution in [3.63, 3.8) is 0 Å². The smallest absolute Gasteiger partial charge is 0.143 e. The Balaban J connectivity index is 0.000000245. The molecule has 0 amide bonds. The first-order valence-electron chi connectivity index (χ1n) is 12.1. The second-order valence-electron chi connectivity index (χ2n) is 9.04. The number of anilines is 1. The molecule has 3 aromatic rings. The summed E-state index contributed by atoms with van der Waals surface area (Å²) in [5.41, 5.74) is 3.15. The van der Waals surface area contributed by atoms with Gasteiger partial charge in [-0.15, -0.1) is 0 Å². The van der Waals surface area contributed by atoms with Crippen LogP contribution in [0.15, 0.2) is 42.7 Å². The number of nitrogens with one attached hydrogen (secondary N) is 3. The van der Waals surface area contributed by atoms with Crippen molar-refractivity contribution < 1.29 is 0 Å². The van der Waals surface area contributed by atoms with E-state index in [1.165, 1.54) is 69.8 Å². The Morgan fingerprint density at radius 1 is 0.903 bits per heavy atom. The highest BCUT2D eigenvalue weighted by molar-refractivity contribution is 5.91. The summed E-state index contributed by atoms with van der Waals surface area (Å²) in [6.07, 6.45) is 15.6. The van der Waals surface area contributed by atoms with Crippen LogP contribution in [0.2, 0.25) is 0 Å². The fourth-order valence-electron chi connectivity index (χ4n) is 4.88. The number of aromatic amines is 1. The zero-order valence-corrected chi connectivity index (χ0v) is 18.9. The molecule has 0 aliphatic heterocycles. The Hall–Kier alpha value is -2.40. The van der Waals surface area contributed by atoms with Gasteiger partial charge in [0.25, 0.3) is 0 Å². The van der Waals surface area contributed by atoms with Crippen LogP contribution in [0.3, 0.4) is 0 Å². The first-order chi connectivity index (χ1) is 15.3. The van der Waals surface area contributed by atoms with E-state index in [0.29, 0.717) is 0 Å². The summed E-state index contributed by atoms with van der Waals surface area (Å²) in [7, 11) is 2.07. The molecule has 2 aliphatic rings. The number of fused-ring (bicyclic) bond motifs is 1. The molecule has 0 spiro atoms. The number of rotatable bonds is 5. The van der Waals surface area contributed by atoms with Crippen molar-refractivity contribution in [2.24, 2.45) is 5.92 Å². The first kappa shape index (κ1) is 21.8. The number of hydrogen-bond acceptors (Lipinski definition) is 4. The molecule has 0 radical (unpaired) electrons. The molecular weight excluding hydrogens is 382 g/mol. The summed E-state index contributed by atoms with van der Waals surface area (Å²) < 4.78 is 0. The highest BCUT2D eigenvalue weighted by atomic mass is 15.0.